The monoisotopic (exact) mass is 110 g/mol. The summed E-state index contributed by atoms with van der Waals surface area (Å²) in [6.45, 7) is 6.41. The quantitative estimate of drug-likeness (QED) is 0.479. The molecule has 0 aliphatic rings. The first-order valence-corrected chi connectivity index (χ1v) is 3.18. The normalized spacial score (nSPS) is 8.50. The van der Waals surface area contributed by atoms with Gasteiger partial charge < -0.3 is 0 Å². The van der Waals surface area contributed by atoms with Crippen molar-refractivity contribution in [1.29, 1.82) is 0 Å². The molecule has 0 aromatic heterocycles. The second-order valence-electron chi connectivity index (χ2n) is 2.19. The van der Waals surface area contributed by atoms with Gasteiger partial charge in [-0.25, -0.2) is 0 Å². The van der Waals surface area contributed by atoms with Gasteiger partial charge in [-0.15, -0.1) is 5.73 Å². The molecule has 0 rings (SSSR count). The van der Waals surface area contributed by atoms with Crippen LogP contribution in [-0.4, -0.2) is 0 Å². The standard InChI is InChI=1S/C8H14/c1-4-5-6-7-8(2)3/h5,7-8H,4H2,1-3H3. The molecule has 0 aromatic rings. The lowest BCUT2D eigenvalue weighted by Crippen LogP contribution is -1.72. The van der Waals surface area contributed by atoms with Crippen LogP contribution in [0.2, 0.25) is 0 Å². The van der Waals surface area contributed by atoms with Crippen molar-refractivity contribution < 1.29 is 0 Å². The van der Waals surface area contributed by atoms with Gasteiger partial charge in [0.2, 0.25) is 0 Å². The first-order valence-electron chi connectivity index (χ1n) is 3.18. The van der Waals surface area contributed by atoms with E-state index < -0.39 is 0 Å². The summed E-state index contributed by atoms with van der Waals surface area (Å²) in [5.74, 6) is 0.637. The van der Waals surface area contributed by atoms with Crippen LogP contribution >= 0.6 is 0 Å². The van der Waals surface area contributed by atoms with E-state index in [1.165, 1.54) is 0 Å². The van der Waals surface area contributed by atoms with Crippen molar-refractivity contribution in [2.75, 3.05) is 0 Å². The molecule has 0 spiro atoms. The third-order valence-corrected chi connectivity index (χ3v) is 0.752. The predicted octanol–water partition coefficient (Wildman–Crippen LogP) is 2.76. The Morgan fingerprint density at radius 1 is 1.50 bits per heavy atom. The Hall–Kier alpha value is -0.480. The van der Waals surface area contributed by atoms with E-state index in [1.54, 1.807) is 0 Å². The molecule has 0 radical (unpaired) electrons. The van der Waals surface area contributed by atoms with E-state index in [0.29, 0.717) is 5.92 Å². The molecular formula is C8H14. The minimum absolute atomic E-state index is 0.637. The van der Waals surface area contributed by atoms with Gasteiger partial charge in [-0.1, -0.05) is 20.8 Å². The smallest absolute Gasteiger partial charge is 0.0214 e. The number of allylic oxidation sites excluding steroid dienone is 1. The topological polar surface area (TPSA) is 0 Å². The Bertz CT molecular complexity index is 92.6. The van der Waals surface area contributed by atoms with E-state index >= 15 is 0 Å². The predicted molar refractivity (Wildman–Crippen MR) is 37.8 cm³/mol. The van der Waals surface area contributed by atoms with Crippen molar-refractivity contribution in [2.45, 2.75) is 27.2 Å². The van der Waals surface area contributed by atoms with Gasteiger partial charge in [-0.2, -0.15) is 0 Å². The van der Waals surface area contributed by atoms with E-state index in [-0.39, 0.29) is 0 Å². The highest BCUT2D eigenvalue weighted by Gasteiger charge is 1.77. The van der Waals surface area contributed by atoms with Gasteiger partial charge >= 0.3 is 0 Å². The zero-order valence-corrected chi connectivity index (χ0v) is 5.94. The molecule has 0 N–H and O–H groups in total. The lowest BCUT2D eigenvalue weighted by atomic mass is 10.2. The van der Waals surface area contributed by atoms with Crippen molar-refractivity contribution in [3.63, 3.8) is 0 Å². The van der Waals surface area contributed by atoms with Crippen molar-refractivity contribution in [1.82, 2.24) is 0 Å². The molecule has 0 unspecified atom stereocenters. The zero-order valence-electron chi connectivity index (χ0n) is 5.94. The molecule has 0 nitrogen and oxygen atoms in total. The van der Waals surface area contributed by atoms with E-state index in [9.17, 15) is 0 Å². The third-order valence-electron chi connectivity index (χ3n) is 0.752. The van der Waals surface area contributed by atoms with Crippen molar-refractivity contribution in [3.05, 3.63) is 17.9 Å². The SMILES string of the molecule is CCC=C=CC(C)C. The van der Waals surface area contributed by atoms with E-state index in [2.05, 4.69) is 32.6 Å². The third kappa shape index (κ3) is 5.52. The summed E-state index contributed by atoms with van der Waals surface area (Å²) in [7, 11) is 0. The lowest BCUT2D eigenvalue weighted by Gasteiger charge is -1.85. The second kappa shape index (κ2) is 4.67. The number of hydrogen-bond donors (Lipinski definition) is 0. The highest BCUT2D eigenvalue weighted by atomic mass is 13.8. The van der Waals surface area contributed by atoms with Crippen LogP contribution in [-0.2, 0) is 0 Å². The Morgan fingerprint density at radius 3 is 2.50 bits per heavy atom. The van der Waals surface area contributed by atoms with Gasteiger partial charge in [-0.3, -0.25) is 0 Å². The molecule has 46 valence electrons. The summed E-state index contributed by atoms with van der Waals surface area (Å²) < 4.78 is 0. The number of rotatable bonds is 2. The van der Waals surface area contributed by atoms with Gasteiger partial charge in [0.1, 0.15) is 0 Å². The minimum Gasteiger partial charge on any atom is -0.129 e. The Balaban J connectivity index is 3.47. The maximum Gasteiger partial charge on any atom is -0.0214 e. The highest BCUT2D eigenvalue weighted by molar-refractivity contribution is 4.85. The molecule has 0 amide bonds. The summed E-state index contributed by atoms with van der Waals surface area (Å²) in [5.41, 5.74) is 3.08. The van der Waals surface area contributed by atoms with E-state index in [0.717, 1.165) is 6.42 Å². The molecule has 0 aromatic carbocycles. The van der Waals surface area contributed by atoms with Gasteiger partial charge in [-0.05, 0) is 24.5 Å². The van der Waals surface area contributed by atoms with Gasteiger partial charge in [0.05, 0.1) is 0 Å². The maximum absolute atomic E-state index is 3.08. The maximum atomic E-state index is 3.08. The van der Waals surface area contributed by atoms with Crippen LogP contribution in [0.25, 0.3) is 0 Å². The van der Waals surface area contributed by atoms with Gasteiger partial charge in [0, 0.05) is 0 Å². The molecule has 0 aliphatic heterocycles. The fourth-order valence-electron chi connectivity index (χ4n) is 0.378. The summed E-state index contributed by atoms with van der Waals surface area (Å²) in [6.07, 6.45) is 5.20. The van der Waals surface area contributed by atoms with Crippen molar-refractivity contribution >= 4 is 0 Å². The molecule has 0 heteroatoms. The highest BCUT2D eigenvalue weighted by Crippen LogP contribution is 1.90. The lowest BCUT2D eigenvalue weighted by molar-refractivity contribution is 0.833. The van der Waals surface area contributed by atoms with Crippen LogP contribution in [0.1, 0.15) is 27.2 Å². The minimum atomic E-state index is 0.637. The second-order valence-corrected chi connectivity index (χ2v) is 2.19. The molecule has 0 heterocycles. The molecule has 8 heavy (non-hydrogen) atoms. The average molecular weight is 110 g/mol. The van der Waals surface area contributed by atoms with Crippen LogP contribution in [0.3, 0.4) is 0 Å². The van der Waals surface area contributed by atoms with Crippen LogP contribution in [0.5, 0.6) is 0 Å². The molecule has 0 saturated heterocycles. The summed E-state index contributed by atoms with van der Waals surface area (Å²) in [5, 5.41) is 0. The number of hydrogen-bond acceptors (Lipinski definition) is 0. The Morgan fingerprint density at radius 2 is 2.12 bits per heavy atom. The Kier molecular flexibility index (Phi) is 4.39. The van der Waals surface area contributed by atoms with Crippen molar-refractivity contribution in [3.8, 4) is 0 Å². The molecule has 0 bridgehead atoms. The van der Waals surface area contributed by atoms with Crippen LogP contribution in [0.15, 0.2) is 17.9 Å². The molecule has 0 atom stereocenters. The van der Waals surface area contributed by atoms with E-state index in [4.69, 9.17) is 0 Å². The first kappa shape index (κ1) is 7.52. The molecule has 0 aliphatic carbocycles. The average Bonchev–Trinajstić information content (AvgIpc) is 1.66. The van der Waals surface area contributed by atoms with Gasteiger partial charge in [0.25, 0.3) is 0 Å². The van der Waals surface area contributed by atoms with E-state index in [1.807, 2.05) is 6.08 Å². The van der Waals surface area contributed by atoms with Crippen LogP contribution in [0, 0.1) is 5.92 Å². The summed E-state index contributed by atoms with van der Waals surface area (Å²) in [4.78, 5) is 0. The fraction of sp³-hybridized carbons (Fsp3) is 0.625. The Labute approximate surface area is 51.9 Å². The summed E-state index contributed by atoms with van der Waals surface area (Å²) >= 11 is 0. The van der Waals surface area contributed by atoms with Crippen molar-refractivity contribution in [2.24, 2.45) is 5.92 Å². The van der Waals surface area contributed by atoms with Crippen LogP contribution in [0.4, 0.5) is 0 Å². The van der Waals surface area contributed by atoms with Gasteiger partial charge in [0.15, 0.2) is 0 Å². The molecular weight excluding hydrogens is 96.1 g/mol. The molecule has 0 saturated carbocycles. The fourth-order valence-corrected chi connectivity index (χ4v) is 0.378. The first-order chi connectivity index (χ1) is 3.77. The summed E-state index contributed by atoms with van der Waals surface area (Å²) in [6, 6.07) is 0. The largest absolute Gasteiger partial charge is 0.129 e. The zero-order chi connectivity index (χ0) is 6.41. The molecule has 0 fully saturated rings. The van der Waals surface area contributed by atoms with Crippen LogP contribution < -0.4 is 0 Å².